The smallest absolute Gasteiger partial charge is 0.162 e. The predicted octanol–water partition coefficient (Wildman–Crippen LogP) is 2.56. The summed E-state index contributed by atoms with van der Waals surface area (Å²) in [6, 6.07) is 0. The Morgan fingerprint density at radius 3 is 1.64 bits per heavy atom. The molecule has 2 aromatic rings. The van der Waals surface area contributed by atoms with Crippen molar-refractivity contribution in [1.82, 2.24) is 9.97 Å². The maximum absolute atomic E-state index is 5.55. The molecule has 2 heterocycles. The third kappa shape index (κ3) is 2.53. The molecule has 0 atom stereocenters. The molecule has 0 bridgehead atoms. The minimum atomic E-state index is 0.728. The molecular weight excluding hydrogens is 256 g/mol. The molecule has 0 unspecified atom stereocenters. The van der Waals surface area contributed by atoms with Gasteiger partial charge in [0.2, 0.25) is 0 Å². The zero-order valence-corrected chi connectivity index (χ0v) is 10.1. The van der Waals surface area contributed by atoms with Gasteiger partial charge in [0.05, 0.1) is 12.4 Å². The van der Waals surface area contributed by atoms with Crippen molar-refractivity contribution in [3.63, 3.8) is 0 Å². The number of aromatic nitrogens is 2. The Balaban J connectivity index is 1.94. The van der Waals surface area contributed by atoms with E-state index in [1.54, 1.807) is 34.0 Å². The quantitative estimate of drug-likeness (QED) is 0.828. The Morgan fingerprint density at radius 1 is 0.929 bits per heavy atom. The highest BCUT2D eigenvalue weighted by atomic mass is 33.1. The Bertz CT molecular complexity index is 383. The molecule has 74 valence electrons. The highest BCUT2D eigenvalue weighted by Crippen LogP contribution is 2.41. The molecule has 0 aliphatic rings. The lowest BCUT2D eigenvalue weighted by Gasteiger charge is -1.90. The lowest BCUT2D eigenvalue weighted by Crippen LogP contribution is -1.73. The fraction of sp³-hybridized carbons (Fsp3) is 0. The Kier molecular flexibility index (Phi) is 3.16. The van der Waals surface area contributed by atoms with Crippen molar-refractivity contribution < 1.29 is 0 Å². The molecule has 4 nitrogen and oxygen atoms in total. The van der Waals surface area contributed by atoms with Gasteiger partial charge in [0.25, 0.3) is 0 Å². The van der Waals surface area contributed by atoms with E-state index < -0.39 is 0 Å². The van der Waals surface area contributed by atoms with E-state index in [4.69, 9.17) is 11.5 Å². The summed E-state index contributed by atoms with van der Waals surface area (Å²) in [5.41, 5.74) is 11.1. The van der Waals surface area contributed by atoms with E-state index in [1.807, 2.05) is 0 Å². The summed E-state index contributed by atoms with van der Waals surface area (Å²) in [5, 5.41) is 1.46. The minimum Gasteiger partial charge on any atom is -0.389 e. The summed E-state index contributed by atoms with van der Waals surface area (Å²) in [6.07, 6.45) is 3.31. The van der Waals surface area contributed by atoms with Crippen molar-refractivity contribution in [3.05, 3.63) is 12.4 Å². The minimum absolute atomic E-state index is 0.728. The van der Waals surface area contributed by atoms with E-state index >= 15 is 0 Å². The summed E-state index contributed by atoms with van der Waals surface area (Å²) in [7, 11) is 3.09. The molecular formula is C6H6N4S4. The number of thiazole rings is 2. The lowest BCUT2D eigenvalue weighted by atomic mass is 10.9. The number of nitrogens with zero attached hydrogens (tertiary/aromatic N) is 2. The molecule has 8 heteroatoms. The largest absolute Gasteiger partial charge is 0.389 e. The molecule has 0 radical (unpaired) electrons. The number of rotatable bonds is 3. The van der Waals surface area contributed by atoms with Crippen molar-refractivity contribution >= 4 is 54.3 Å². The van der Waals surface area contributed by atoms with Crippen LogP contribution < -0.4 is 11.5 Å². The van der Waals surface area contributed by atoms with Gasteiger partial charge in [-0.2, -0.15) is 0 Å². The van der Waals surface area contributed by atoms with E-state index in [9.17, 15) is 0 Å². The molecule has 0 aromatic carbocycles. The predicted molar refractivity (Wildman–Crippen MR) is 64.8 cm³/mol. The molecule has 0 saturated carbocycles. The number of hydrogen-bond donors (Lipinski definition) is 2. The van der Waals surface area contributed by atoms with Gasteiger partial charge in [-0.05, 0) is 21.6 Å². The first kappa shape index (κ1) is 10.1. The molecule has 2 aromatic heterocycles. The second-order valence-corrected chi connectivity index (χ2v) is 6.97. The van der Waals surface area contributed by atoms with Crippen LogP contribution in [-0.4, -0.2) is 9.97 Å². The van der Waals surface area contributed by atoms with Gasteiger partial charge in [0.15, 0.2) is 8.68 Å². The molecule has 0 saturated heterocycles. The number of anilines is 2. The zero-order valence-electron chi connectivity index (χ0n) is 6.84. The first-order valence-corrected chi connectivity index (χ1v) is 7.29. The SMILES string of the molecule is Nc1cnc(SSc2ncc(N)s2)s1. The normalized spacial score (nSPS) is 10.6. The third-order valence-electron chi connectivity index (χ3n) is 1.19. The molecule has 14 heavy (non-hydrogen) atoms. The summed E-state index contributed by atoms with van der Waals surface area (Å²) >= 11 is 2.94. The summed E-state index contributed by atoms with van der Waals surface area (Å²) in [4.78, 5) is 8.24. The monoisotopic (exact) mass is 262 g/mol. The number of nitrogen functional groups attached to an aromatic ring is 2. The average Bonchev–Trinajstić information content (AvgIpc) is 2.72. The van der Waals surface area contributed by atoms with Gasteiger partial charge in [-0.3, -0.25) is 0 Å². The van der Waals surface area contributed by atoms with Crippen LogP contribution in [0.5, 0.6) is 0 Å². The van der Waals surface area contributed by atoms with E-state index in [1.165, 1.54) is 22.7 Å². The van der Waals surface area contributed by atoms with E-state index in [0.29, 0.717) is 0 Å². The Labute approximate surface area is 96.5 Å². The van der Waals surface area contributed by atoms with E-state index in [0.717, 1.165) is 18.7 Å². The second-order valence-electron chi connectivity index (χ2n) is 2.22. The van der Waals surface area contributed by atoms with Crippen LogP contribution in [0.1, 0.15) is 0 Å². The van der Waals surface area contributed by atoms with Gasteiger partial charge in [-0.15, -0.1) is 0 Å². The van der Waals surface area contributed by atoms with Gasteiger partial charge in [-0.1, -0.05) is 22.7 Å². The fourth-order valence-electron chi connectivity index (χ4n) is 0.688. The first-order valence-electron chi connectivity index (χ1n) is 3.51. The maximum atomic E-state index is 5.55. The standard InChI is InChI=1S/C6H6N4S4/c7-3-1-9-5(11-3)13-14-6-10-2-4(8)12-6/h1-2H,7-8H2. The molecule has 0 fully saturated rings. The Hall–Kier alpha value is -0.440. The van der Waals surface area contributed by atoms with Crippen molar-refractivity contribution in [3.8, 4) is 0 Å². The van der Waals surface area contributed by atoms with Crippen LogP contribution in [-0.2, 0) is 0 Å². The van der Waals surface area contributed by atoms with Crippen LogP contribution in [0.4, 0.5) is 10.0 Å². The molecule has 2 rings (SSSR count). The zero-order chi connectivity index (χ0) is 9.97. The number of hydrogen-bond acceptors (Lipinski definition) is 8. The molecule has 0 aliphatic carbocycles. The fourth-order valence-corrected chi connectivity index (χ4v) is 4.61. The number of nitrogens with two attached hydrogens (primary N) is 2. The van der Waals surface area contributed by atoms with Crippen molar-refractivity contribution in [2.75, 3.05) is 11.5 Å². The topological polar surface area (TPSA) is 77.8 Å². The molecule has 0 amide bonds. The van der Waals surface area contributed by atoms with Gasteiger partial charge in [-0.25, -0.2) is 9.97 Å². The van der Waals surface area contributed by atoms with Gasteiger partial charge < -0.3 is 11.5 Å². The molecule has 0 aliphatic heterocycles. The van der Waals surface area contributed by atoms with Crippen LogP contribution in [0.15, 0.2) is 21.1 Å². The molecule has 4 N–H and O–H groups in total. The summed E-state index contributed by atoms with van der Waals surface area (Å²) in [6.45, 7) is 0. The van der Waals surface area contributed by atoms with Crippen LogP contribution in [0.25, 0.3) is 0 Å². The highest BCUT2D eigenvalue weighted by Gasteiger charge is 2.04. The first-order chi connectivity index (χ1) is 6.74. The van der Waals surface area contributed by atoms with Crippen molar-refractivity contribution in [2.24, 2.45) is 0 Å². The summed E-state index contributed by atoms with van der Waals surface area (Å²) in [5.74, 6) is 0. The van der Waals surface area contributed by atoms with Crippen molar-refractivity contribution in [2.45, 2.75) is 8.68 Å². The summed E-state index contributed by atoms with van der Waals surface area (Å²) < 4.78 is 1.86. The van der Waals surface area contributed by atoms with Gasteiger partial charge in [0.1, 0.15) is 10.0 Å². The van der Waals surface area contributed by atoms with Crippen LogP contribution in [0, 0.1) is 0 Å². The van der Waals surface area contributed by atoms with Crippen molar-refractivity contribution in [1.29, 1.82) is 0 Å². The Morgan fingerprint density at radius 2 is 1.36 bits per heavy atom. The highest BCUT2D eigenvalue weighted by molar-refractivity contribution is 8.77. The lowest BCUT2D eigenvalue weighted by molar-refractivity contribution is 1.25. The van der Waals surface area contributed by atoms with Gasteiger partial charge >= 0.3 is 0 Å². The van der Waals surface area contributed by atoms with Crippen LogP contribution >= 0.6 is 44.3 Å². The maximum Gasteiger partial charge on any atom is 0.162 e. The van der Waals surface area contributed by atoms with E-state index in [-0.39, 0.29) is 0 Å². The van der Waals surface area contributed by atoms with Gasteiger partial charge in [0, 0.05) is 0 Å². The third-order valence-corrected chi connectivity index (χ3v) is 5.84. The van der Waals surface area contributed by atoms with Crippen LogP contribution in [0.2, 0.25) is 0 Å². The molecule has 0 spiro atoms. The van der Waals surface area contributed by atoms with E-state index in [2.05, 4.69) is 9.97 Å². The second kappa shape index (κ2) is 4.39. The van der Waals surface area contributed by atoms with Crippen LogP contribution in [0.3, 0.4) is 0 Å². The average molecular weight is 262 g/mol.